The lowest BCUT2D eigenvalue weighted by molar-refractivity contribution is -0.127. The first kappa shape index (κ1) is 20.3. The Bertz CT molecular complexity index is 679. The molecule has 1 aromatic rings. The molecule has 0 bridgehead atoms. The van der Waals surface area contributed by atoms with Gasteiger partial charge in [-0.1, -0.05) is 13.8 Å². The molecule has 1 aliphatic heterocycles. The molecule has 1 saturated heterocycles. The Balaban J connectivity index is 1.97. The molecule has 1 N–H and O–H groups in total. The highest BCUT2D eigenvalue weighted by atomic mass is 32.2. The normalized spacial score (nSPS) is 18.3. The summed E-state index contributed by atoms with van der Waals surface area (Å²) in [6.07, 6.45) is 3.09. The van der Waals surface area contributed by atoms with Crippen molar-refractivity contribution in [2.24, 2.45) is 11.8 Å². The molecule has 0 aromatic heterocycles. The fourth-order valence-electron chi connectivity index (χ4n) is 2.76. The number of hydrogen-bond acceptors (Lipinski definition) is 4. The lowest BCUT2D eigenvalue weighted by Crippen LogP contribution is -2.45. The van der Waals surface area contributed by atoms with Crippen LogP contribution in [-0.4, -0.2) is 44.0 Å². The number of sulfonamides is 1. The largest absolute Gasteiger partial charge is 0.353 e. The van der Waals surface area contributed by atoms with Crippen molar-refractivity contribution in [2.45, 2.75) is 49.4 Å². The first-order chi connectivity index (χ1) is 11.8. The highest BCUT2D eigenvalue weighted by molar-refractivity contribution is 7.98. The van der Waals surface area contributed by atoms with Crippen LogP contribution in [0.4, 0.5) is 0 Å². The Morgan fingerprint density at radius 2 is 1.72 bits per heavy atom. The van der Waals surface area contributed by atoms with E-state index in [-0.39, 0.29) is 17.9 Å². The standard InChI is InChI=1S/C18H28N2O3S2/c1-13(2)14(3)19-18(21)15-9-11-20(12-10-15)25(22,23)17-7-5-16(24-4)6-8-17/h5-8,13-15H,9-12H2,1-4H3,(H,19,21). The molecule has 0 saturated carbocycles. The summed E-state index contributed by atoms with van der Waals surface area (Å²) in [6, 6.07) is 7.09. The van der Waals surface area contributed by atoms with Crippen LogP contribution in [0.2, 0.25) is 0 Å². The summed E-state index contributed by atoms with van der Waals surface area (Å²) in [5.74, 6) is 0.322. The smallest absolute Gasteiger partial charge is 0.243 e. The van der Waals surface area contributed by atoms with Gasteiger partial charge in [-0.2, -0.15) is 4.31 Å². The van der Waals surface area contributed by atoms with E-state index in [4.69, 9.17) is 0 Å². The van der Waals surface area contributed by atoms with Crippen LogP contribution in [0.15, 0.2) is 34.1 Å². The number of nitrogens with one attached hydrogen (secondary N) is 1. The topological polar surface area (TPSA) is 66.5 Å². The molecule has 0 spiro atoms. The van der Waals surface area contributed by atoms with E-state index in [1.165, 1.54) is 4.31 Å². The maximum atomic E-state index is 12.7. The highest BCUT2D eigenvalue weighted by Gasteiger charge is 2.32. The molecule has 0 aliphatic carbocycles. The zero-order valence-corrected chi connectivity index (χ0v) is 17.0. The van der Waals surface area contributed by atoms with E-state index in [9.17, 15) is 13.2 Å². The van der Waals surface area contributed by atoms with E-state index < -0.39 is 10.0 Å². The molecule has 140 valence electrons. The van der Waals surface area contributed by atoms with Crippen LogP contribution in [0.5, 0.6) is 0 Å². The Kier molecular flexibility index (Phi) is 6.93. The molecule has 2 rings (SSSR count). The summed E-state index contributed by atoms with van der Waals surface area (Å²) in [7, 11) is -3.48. The van der Waals surface area contributed by atoms with Gasteiger partial charge in [0.25, 0.3) is 0 Å². The number of nitrogens with zero attached hydrogens (tertiary/aromatic N) is 1. The summed E-state index contributed by atoms with van der Waals surface area (Å²) in [6.45, 7) is 6.92. The van der Waals surface area contributed by atoms with Crippen molar-refractivity contribution in [1.29, 1.82) is 0 Å². The van der Waals surface area contributed by atoms with Gasteiger partial charge < -0.3 is 5.32 Å². The third-order valence-electron chi connectivity index (χ3n) is 4.89. The summed E-state index contributed by atoms with van der Waals surface area (Å²) >= 11 is 1.58. The van der Waals surface area contributed by atoms with Gasteiger partial charge in [0, 0.05) is 29.9 Å². The number of rotatable bonds is 6. The Labute approximate surface area is 155 Å². The van der Waals surface area contributed by atoms with Gasteiger partial charge in [0.05, 0.1) is 4.90 Å². The van der Waals surface area contributed by atoms with Crippen LogP contribution in [0.1, 0.15) is 33.6 Å². The second-order valence-corrected chi connectivity index (χ2v) is 9.71. The molecule has 1 unspecified atom stereocenters. The fraction of sp³-hybridized carbons (Fsp3) is 0.611. The number of piperidine rings is 1. The van der Waals surface area contributed by atoms with E-state index >= 15 is 0 Å². The van der Waals surface area contributed by atoms with Gasteiger partial charge in [0.1, 0.15) is 0 Å². The molecule has 0 radical (unpaired) electrons. The minimum Gasteiger partial charge on any atom is -0.353 e. The predicted octanol–water partition coefficient (Wildman–Crippen LogP) is 2.97. The van der Waals surface area contributed by atoms with Crippen LogP contribution in [0, 0.1) is 11.8 Å². The molecule has 7 heteroatoms. The average Bonchev–Trinajstić information content (AvgIpc) is 2.61. The summed E-state index contributed by atoms with van der Waals surface area (Å²) in [5.41, 5.74) is 0. The number of carbonyl (C=O) groups excluding carboxylic acids is 1. The second-order valence-electron chi connectivity index (χ2n) is 6.90. The summed E-state index contributed by atoms with van der Waals surface area (Å²) in [5, 5.41) is 3.04. The van der Waals surface area contributed by atoms with Gasteiger partial charge in [-0.15, -0.1) is 11.8 Å². The van der Waals surface area contributed by atoms with E-state index in [1.54, 1.807) is 23.9 Å². The number of benzene rings is 1. The Morgan fingerprint density at radius 1 is 1.16 bits per heavy atom. The quantitative estimate of drug-likeness (QED) is 0.766. The van der Waals surface area contributed by atoms with Gasteiger partial charge in [-0.05, 0) is 56.2 Å². The average molecular weight is 385 g/mol. The van der Waals surface area contributed by atoms with Gasteiger partial charge in [0.2, 0.25) is 15.9 Å². The molecule has 1 fully saturated rings. The second kappa shape index (κ2) is 8.56. The lowest BCUT2D eigenvalue weighted by atomic mass is 9.96. The van der Waals surface area contributed by atoms with Crippen LogP contribution in [0.3, 0.4) is 0 Å². The van der Waals surface area contributed by atoms with Crippen molar-refractivity contribution in [3.63, 3.8) is 0 Å². The molecule has 1 amide bonds. The van der Waals surface area contributed by atoms with Crippen molar-refractivity contribution < 1.29 is 13.2 Å². The van der Waals surface area contributed by atoms with Gasteiger partial charge in [0.15, 0.2) is 0 Å². The van der Waals surface area contributed by atoms with E-state index in [2.05, 4.69) is 19.2 Å². The monoisotopic (exact) mass is 384 g/mol. The summed E-state index contributed by atoms with van der Waals surface area (Å²) < 4.78 is 27.0. The molecular formula is C18H28N2O3S2. The Hall–Kier alpha value is -1.05. The molecule has 1 heterocycles. The third kappa shape index (κ3) is 4.99. The molecule has 1 aromatic carbocycles. The van der Waals surface area contributed by atoms with Crippen LogP contribution < -0.4 is 5.32 Å². The van der Waals surface area contributed by atoms with Crippen molar-refractivity contribution in [1.82, 2.24) is 9.62 Å². The molecule has 25 heavy (non-hydrogen) atoms. The molecule has 5 nitrogen and oxygen atoms in total. The zero-order chi connectivity index (χ0) is 18.6. The molecular weight excluding hydrogens is 356 g/mol. The minimum atomic E-state index is -3.48. The van der Waals surface area contributed by atoms with Gasteiger partial charge >= 0.3 is 0 Å². The SMILES string of the molecule is CSc1ccc(S(=O)(=O)N2CCC(C(=O)NC(C)C(C)C)CC2)cc1. The Morgan fingerprint density at radius 3 is 2.20 bits per heavy atom. The number of carbonyl (C=O) groups is 1. The van der Waals surface area contributed by atoms with Crippen molar-refractivity contribution >= 4 is 27.7 Å². The number of thioether (sulfide) groups is 1. The van der Waals surface area contributed by atoms with Gasteiger partial charge in [-0.25, -0.2) is 8.42 Å². The molecule has 1 aliphatic rings. The van der Waals surface area contributed by atoms with Crippen molar-refractivity contribution in [3.05, 3.63) is 24.3 Å². The van der Waals surface area contributed by atoms with Crippen molar-refractivity contribution in [3.8, 4) is 0 Å². The van der Waals surface area contributed by atoms with Gasteiger partial charge in [-0.3, -0.25) is 4.79 Å². The number of amides is 1. The predicted molar refractivity (Wildman–Crippen MR) is 102 cm³/mol. The van der Waals surface area contributed by atoms with E-state index in [1.807, 2.05) is 25.3 Å². The van der Waals surface area contributed by atoms with Crippen LogP contribution in [0.25, 0.3) is 0 Å². The lowest BCUT2D eigenvalue weighted by Gasteiger charge is -2.31. The maximum Gasteiger partial charge on any atom is 0.243 e. The third-order valence-corrected chi connectivity index (χ3v) is 7.55. The van der Waals surface area contributed by atoms with E-state index in [0.29, 0.717) is 36.7 Å². The number of hydrogen-bond donors (Lipinski definition) is 1. The first-order valence-corrected chi connectivity index (χ1v) is 11.4. The van der Waals surface area contributed by atoms with Crippen LogP contribution >= 0.6 is 11.8 Å². The highest BCUT2D eigenvalue weighted by Crippen LogP contribution is 2.25. The molecule has 1 atom stereocenters. The zero-order valence-electron chi connectivity index (χ0n) is 15.4. The first-order valence-electron chi connectivity index (χ1n) is 8.70. The van der Waals surface area contributed by atoms with Crippen LogP contribution in [-0.2, 0) is 14.8 Å². The summed E-state index contributed by atoms with van der Waals surface area (Å²) in [4.78, 5) is 13.7. The van der Waals surface area contributed by atoms with Crippen molar-refractivity contribution in [2.75, 3.05) is 19.3 Å². The maximum absolute atomic E-state index is 12.7. The van der Waals surface area contributed by atoms with E-state index in [0.717, 1.165) is 4.90 Å². The minimum absolute atomic E-state index is 0.0440. The fourth-order valence-corrected chi connectivity index (χ4v) is 4.64.